The van der Waals surface area contributed by atoms with Crippen LogP contribution in [0.25, 0.3) is 0 Å². The van der Waals surface area contributed by atoms with E-state index < -0.39 is 0 Å². The highest BCUT2D eigenvalue weighted by molar-refractivity contribution is 5.94. The molecule has 4 nitrogen and oxygen atoms in total. The summed E-state index contributed by atoms with van der Waals surface area (Å²) in [6, 6.07) is 7.38. The zero-order valence-corrected chi connectivity index (χ0v) is 14.2. The lowest BCUT2D eigenvalue weighted by atomic mass is 10.00. The molecule has 1 aliphatic rings. The van der Waals surface area contributed by atoms with Gasteiger partial charge in [-0.3, -0.25) is 4.79 Å². The van der Waals surface area contributed by atoms with Crippen molar-refractivity contribution in [1.82, 2.24) is 10.6 Å². The molecule has 1 heterocycles. The smallest absolute Gasteiger partial charge is 0.251 e. The van der Waals surface area contributed by atoms with E-state index >= 15 is 0 Å². The van der Waals surface area contributed by atoms with Gasteiger partial charge in [0.2, 0.25) is 0 Å². The number of hydrogen-bond acceptors (Lipinski definition) is 3. The number of carbonyl (C=O) groups is 1. The summed E-state index contributed by atoms with van der Waals surface area (Å²) in [6.07, 6.45) is 3.55. The molecule has 2 N–H and O–H groups in total. The van der Waals surface area contributed by atoms with Gasteiger partial charge >= 0.3 is 0 Å². The number of piperidine rings is 1. The van der Waals surface area contributed by atoms with Gasteiger partial charge in [0.25, 0.3) is 5.91 Å². The van der Waals surface area contributed by atoms with E-state index in [0.29, 0.717) is 11.5 Å². The van der Waals surface area contributed by atoms with Crippen LogP contribution in [0.3, 0.4) is 0 Å². The number of rotatable bonds is 6. The fraction of sp³-hybridized carbons (Fsp3) is 0.588. The van der Waals surface area contributed by atoms with E-state index in [2.05, 4.69) is 17.6 Å². The van der Waals surface area contributed by atoms with Gasteiger partial charge in [-0.05, 0) is 69.5 Å². The molecule has 0 spiro atoms. The van der Waals surface area contributed by atoms with Gasteiger partial charge in [-0.1, -0.05) is 6.92 Å². The van der Waals surface area contributed by atoms with Crippen molar-refractivity contribution in [3.63, 3.8) is 0 Å². The predicted molar refractivity (Wildman–Crippen MR) is 92.0 cm³/mol. The number of ether oxygens (including phenoxy) is 1. The Morgan fingerprint density at radius 3 is 2.73 bits per heavy atom. The first-order valence-corrected chi connectivity index (χ1v) is 7.94. The van der Waals surface area contributed by atoms with Crippen molar-refractivity contribution < 1.29 is 9.53 Å². The SMILES string of the molecule is CCC(C)Oc1ccc(C(=O)NCC2CCCNC2)cc1.Cl. The number of benzene rings is 1. The van der Waals surface area contributed by atoms with E-state index in [4.69, 9.17) is 4.74 Å². The Hall–Kier alpha value is -1.26. The lowest BCUT2D eigenvalue weighted by Crippen LogP contribution is -2.38. The van der Waals surface area contributed by atoms with Crippen LogP contribution in [0.4, 0.5) is 0 Å². The minimum atomic E-state index is -0.00402. The summed E-state index contributed by atoms with van der Waals surface area (Å²) in [4.78, 5) is 12.1. The Balaban J connectivity index is 0.00000242. The fourth-order valence-corrected chi connectivity index (χ4v) is 2.44. The van der Waals surface area contributed by atoms with E-state index in [9.17, 15) is 4.79 Å². The molecule has 5 heteroatoms. The molecule has 2 rings (SSSR count). The van der Waals surface area contributed by atoms with Crippen LogP contribution in [-0.2, 0) is 0 Å². The molecule has 1 fully saturated rings. The summed E-state index contributed by atoms with van der Waals surface area (Å²) in [6.45, 7) is 6.98. The third-order valence-electron chi connectivity index (χ3n) is 3.98. The fourth-order valence-electron chi connectivity index (χ4n) is 2.44. The molecule has 22 heavy (non-hydrogen) atoms. The van der Waals surface area contributed by atoms with Gasteiger partial charge in [0.1, 0.15) is 5.75 Å². The monoisotopic (exact) mass is 326 g/mol. The topological polar surface area (TPSA) is 50.4 Å². The molecule has 0 radical (unpaired) electrons. The van der Waals surface area contributed by atoms with Crippen molar-refractivity contribution in [1.29, 1.82) is 0 Å². The van der Waals surface area contributed by atoms with Gasteiger partial charge in [-0.25, -0.2) is 0 Å². The lowest BCUT2D eigenvalue weighted by Gasteiger charge is -2.22. The summed E-state index contributed by atoms with van der Waals surface area (Å²) in [5.74, 6) is 1.36. The van der Waals surface area contributed by atoms with Crippen molar-refractivity contribution in [2.45, 2.75) is 39.2 Å². The highest BCUT2D eigenvalue weighted by Gasteiger charge is 2.14. The average Bonchev–Trinajstić information content (AvgIpc) is 2.54. The third kappa shape index (κ3) is 5.85. The molecule has 1 amide bonds. The van der Waals surface area contributed by atoms with Crippen LogP contribution in [0.2, 0.25) is 0 Å². The van der Waals surface area contributed by atoms with Crippen molar-refractivity contribution in [2.24, 2.45) is 5.92 Å². The van der Waals surface area contributed by atoms with Gasteiger partial charge in [-0.15, -0.1) is 12.4 Å². The standard InChI is InChI=1S/C17H26N2O2.ClH/c1-3-13(2)21-16-8-6-15(7-9-16)17(20)19-12-14-5-4-10-18-11-14;/h6-9,13-14,18H,3-5,10-12H2,1-2H3,(H,19,20);1H. The van der Waals surface area contributed by atoms with Gasteiger partial charge in [0, 0.05) is 12.1 Å². The lowest BCUT2D eigenvalue weighted by molar-refractivity contribution is 0.0945. The molecule has 124 valence electrons. The molecule has 0 saturated carbocycles. The molecule has 1 aromatic rings. The zero-order valence-electron chi connectivity index (χ0n) is 13.4. The summed E-state index contributed by atoms with van der Waals surface area (Å²) in [7, 11) is 0. The zero-order chi connectivity index (χ0) is 15.1. The predicted octanol–water partition coefficient (Wildman–Crippen LogP) is 3.02. The minimum Gasteiger partial charge on any atom is -0.491 e. The van der Waals surface area contributed by atoms with E-state index in [1.807, 2.05) is 31.2 Å². The molecule has 2 atom stereocenters. The molecular weight excluding hydrogens is 300 g/mol. The summed E-state index contributed by atoms with van der Waals surface area (Å²) >= 11 is 0. The van der Waals surface area contributed by atoms with Crippen LogP contribution < -0.4 is 15.4 Å². The molecule has 0 aliphatic carbocycles. The Morgan fingerprint density at radius 1 is 1.41 bits per heavy atom. The van der Waals surface area contributed by atoms with Crippen molar-refractivity contribution in [2.75, 3.05) is 19.6 Å². The highest BCUT2D eigenvalue weighted by Crippen LogP contribution is 2.15. The van der Waals surface area contributed by atoms with Crippen LogP contribution in [0.5, 0.6) is 5.75 Å². The van der Waals surface area contributed by atoms with E-state index in [1.165, 1.54) is 12.8 Å². The molecule has 1 aliphatic heterocycles. The first-order chi connectivity index (χ1) is 10.2. The van der Waals surface area contributed by atoms with Crippen LogP contribution in [0, 0.1) is 5.92 Å². The quantitative estimate of drug-likeness (QED) is 0.845. The number of halogens is 1. The van der Waals surface area contributed by atoms with Crippen molar-refractivity contribution >= 4 is 18.3 Å². The van der Waals surface area contributed by atoms with Gasteiger partial charge in [0.15, 0.2) is 0 Å². The Morgan fingerprint density at radius 2 is 2.14 bits per heavy atom. The van der Waals surface area contributed by atoms with Gasteiger partial charge in [0.05, 0.1) is 6.10 Å². The normalized spacial score (nSPS) is 18.9. The third-order valence-corrected chi connectivity index (χ3v) is 3.98. The number of amides is 1. The first kappa shape index (κ1) is 18.8. The van der Waals surface area contributed by atoms with Crippen molar-refractivity contribution in [3.05, 3.63) is 29.8 Å². The van der Waals surface area contributed by atoms with E-state index in [-0.39, 0.29) is 24.4 Å². The first-order valence-electron chi connectivity index (χ1n) is 7.94. The second-order valence-electron chi connectivity index (χ2n) is 5.78. The molecule has 1 aromatic carbocycles. The molecular formula is C17H27ClN2O2. The Labute approximate surface area is 139 Å². The highest BCUT2D eigenvalue weighted by atomic mass is 35.5. The molecule has 0 bridgehead atoms. The number of carbonyl (C=O) groups excluding carboxylic acids is 1. The second-order valence-corrected chi connectivity index (χ2v) is 5.78. The minimum absolute atomic E-state index is 0. The van der Waals surface area contributed by atoms with E-state index in [1.54, 1.807) is 0 Å². The van der Waals surface area contributed by atoms with E-state index in [0.717, 1.165) is 31.8 Å². The second kappa shape index (κ2) is 9.70. The maximum atomic E-state index is 12.1. The molecule has 0 aromatic heterocycles. The van der Waals surface area contributed by atoms with Crippen LogP contribution in [0.1, 0.15) is 43.5 Å². The summed E-state index contributed by atoms with van der Waals surface area (Å²) < 4.78 is 5.71. The van der Waals surface area contributed by atoms with Gasteiger partial charge in [-0.2, -0.15) is 0 Å². The Bertz CT molecular complexity index is 444. The summed E-state index contributed by atoms with van der Waals surface area (Å²) in [5, 5.41) is 6.38. The number of hydrogen-bond donors (Lipinski definition) is 2. The maximum absolute atomic E-state index is 12.1. The van der Waals surface area contributed by atoms with Gasteiger partial charge < -0.3 is 15.4 Å². The molecule has 2 unspecified atom stereocenters. The maximum Gasteiger partial charge on any atom is 0.251 e. The van der Waals surface area contributed by atoms with Crippen LogP contribution >= 0.6 is 12.4 Å². The van der Waals surface area contributed by atoms with Crippen LogP contribution in [-0.4, -0.2) is 31.6 Å². The Kier molecular flexibility index (Phi) is 8.28. The summed E-state index contributed by atoms with van der Waals surface area (Å²) in [5.41, 5.74) is 0.690. The number of nitrogens with one attached hydrogen (secondary N) is 2. The van der Waals surface area contributed by atoms with Crippen LogP contribution in [0.15, 0.2) is 24.3 Å². The largest absolute Gasteiger partial charge is 0.491 e. The van der Waals surface area contributed by atoms with Crippen molar-refractivity contribution in [3.8, 4) is 5.75 Å². The molecule has 1 saturated heterocycles. The average molecular weight is 327 g/mol.